The van der Waals surface area contributed by atoms with E-state index >= 15 is 0 Å². The van der Waals surface area contributed by atoms with Crippen LogP contribution in [0.25, 0.3) is 0 Å². The van der Waals surface area contributed by atoms with Gasteiger partial charge in [0.2, 0.25) is 0 Å². The van der Waals surface area contributed by atoms with E-state index in [1.54, 1.807) is 0 Å². The van der Waals surface area contributed by atoms with Crippen LogP contribution in [0.3, 0.4) is 0 Å². The second-order valence-electron chi connectivity index (χ2n) is 5.79. The van der Waals surface area contributed by atoms with Crippen molar-refractivity contribution in [2.75, 3.05) is 24.2 Å². The number of rotatable bonds is 5. The highest BCUT2D eigenvalue weighted by atomic mass is 32.1. The molecular weight excluding hydrogens is 258 g/mol. The van der Waals surface area contributed by atoms with Crippen molar-refractivity contribution in [1.82, 2.24) is 5.32 Å². The molecule has 1 aromatic rings. The Morgan fingerprint density at radius 2 is 2.21 bits per heavy atom. The number of carbonyl (C=O) groups excluding carboxylic acids is 1. The van der Waals surface area contributed by atoms with Gasteiger partial charge < -0.3 is 16.0 Å². The van der Waals surface area contributed by atoms with Gasteiger partial charge in [-0.3, -0.25) is 4.79 Å². The maximum atomic E-state index is 12.0. The maximum absolute atomic E-state index is 12.0. The van der Waals surface area contributed by atoms with Crippen LogP contribution >= 0.6 is 11.3 Å². The molecule has 0 aromatic carbocycles. The zero-order valence-electron chi connectivity index (χ0n) is 11.3. The Morgan fingerprint density at radius 1 is 1.47 bits per heavy atom. The van der Waals surface area contributed by atoms with E-state index in [2.05, 4.69) is 17.3 Å². The fraction of sp³-hybridized carbons (Fsp3) is 0.643. The Bertz CT molecular complexity index is 477. The molecular formula is C14H21N3OS. The van der Waals surface area contributed by atoms with Crippen LogP contribution in [0.15, 0.2) is 6.07 Å². The summed E-state index contributed by atoms with van der Waals surface area (Å²) >= 11 is 1.51. The largest absolute Gasteiger partial charge is 0.397 e. The van der Waals surface area contributed by atoms with E-state index in [1.165, 1.54) is 30.6 Å². The number of nitrogens with one attached hydrogen (secondary N) is 1. The van der Waals surface area contributed by atoms with Gasteiger partial charge in [0, 0.05) is 19.6 Å². The summed E-state index contributed by atoms with van der Waals surface area (Å²) in [5.74, 6) is 0.811. The van der Waals surface area contributed by atoms with Crippen LogP contribution in [0.1, 0.15) is 41.8 Å². The molecule has 0 unspecified atom stereocenters. The quantitative estimate of drug-likeness (QED) is 0.870. The molecule has 1 heterocycles. The number of amides is 1. The van der Waals surface area contributed by atoms with Crippen LogP contribution < -0.4 is 16.0 Å². The van der Waals surface area contributed by atoms with Crippen molar-refractivity contribution < 1.29 is 4.79 Å². The molecule has 3 rings (SSSR count). The van der Waals surface area contributed by atoms with Gasteiger partial charge in [0.05, 0.1) is 10.7 Å². The molecule has 0 radical (unpaired) electrons. The monoisotopic (exact) mass is 279 g/mol. The summed E-state index contributed by atoms with van der Waals surface area (Å²) in [5, 5.41) is 4.10. The van der Waals surface area contributed by atoms with Gasteiger partial charge in [-0.05, 0) is 37.7 Å². The molecule has 2 fully saturated rings. The van der Waals surface area contributed by atoms with E-state index in [0.29, 0.717) is 16.6 Å². The van der Waals surface area contributed by atoms with Gasteiger partial charge in [0.1, 0.15) is 4.88 Å². The summed E-state index contributed by atoms with van der Waals surface area (Å²) in [4.78, 5) is 14.9. The molecule has 19 heavy (non-hydrogen) atoms. The van der Waals surface area contributed by atoms with E-state index in [1.807, 2.05) is 6.07 Å². The lowest BCUT2D eigenvalue weighted by atomic mass is 9.85. The number of carbonyl (C=O) groups is 1. The number of nitrogen functional groups attached to an aromatic ring is 1. The molecule has 1 amide bonds. The molecule has 0 aliphatic heterocycles. The first-order chi connectivity index (χ1) is 9.13. The molecule has 2 aliphatic carbocycles. The van der Waals surface area contributed by atoms with Crippen LogP contribution in [-0.2, 0) is 0 Å². The maximum Gasteiger partial charge on any atom is 0.263 e. The summed E-state index contributed by atoms with van der Waals surface area (Å²) in [6, 6.07) is 2.32. The highest BCUT2D eigenvalue weighted by Gasteiger charge is 2.26. The minimum Gasteiger partial charge on any atom is -0.397 e. The summed E-state index contributed by atoms with van der Waals surface area (Å²) in [6.45, 7) is 1.07. The zero-order valence-corrected chi connectivity index (χ0v) is 12.1. The lowest BCUT2D eigenvalue weighted by Crippen LogP contribution is -2.28. The first-order valence-electron chi connectivity index (χ1n) is 7.05. The minimum atomic E-state index is -0.00621. The van der Waals surface area contributed by atoms with Gasteiger partial charge in [0.15, 0.2) is 0 Å². The van der Waals surface area contributed by atoms with Crippen molar-refractivity contribution in [2.24, 2.45) is 5.92 Å². The predicted molar refractivity (Wildman–Crippen MR) is 79.8 cm³/mol. The van der Waals surface area contributed by atoms with Crippen LogP contribution in [0.4, 0.5) is 10.7 Å². The standard InChI is InChI=1S/C14H21N3OS/c1-17(8-9-3-2-4-9)12-7-11(15)13(19-12)14(18)16-10-5-6-10/h7,9-10H,2-6,8,15H2,1H3,(H,16,18). The van der Waals surface area contributed by atoms with E-state index in [4.69, 9.17) is 5.73 Å². The summed E-state index contributed by atoms with van der Waals surface area (Å²) < 4.78 is 0. The van der Waals surface area contributed by atoms with Gasteiger partial charge in [-0.1, -0.05) is 6.42 Å². The second-order valence-corrected chi connectivity index (χ2v) is 6.82. The van der Waals surface area contributed by atoms with Crippen molar-refractivity contribution in [2.45, 2.75) is 38.1 Å². The highest BCUT2D eigenvalue weighted by molar-refractivity contribution is 7.18. The first-order valence-corrected chi connectivity index (χ1v) is 7.86. The molecule has 0 spiro atoms. The van der Waals surface area contributed by atoms with Gasteiger partial charge in [0.25, 0.3) is 5.91 Å². The Hall–Kier alpha value is -1.23. The Kier molecular flexibility index (Phi) is 3.39. The van der Waals surface area contributed by atoms with E-state index < -0.39 is 0 Å². The van der Waals surface area contributed by atoms with Crippen molar-refractivity contribution in [1.29, 1.82) is 0 Å². The average molecular weight is 279 g/mol. The van der Waals surface area contributed by atoms with Crippen molar-refractivity contribution >= 4 is 27.9 Å². The topological polar surface area (TPSA) is 58.4 Å². The van der Waals surface area contributed by atoms with Gasteiger partial charge in [-0.25, -0.2) is 0 Å². The first kappa shape index (κ1) is 12.8. The highest BCUT2D eigenvalue weighted by Crippen LogP contribution is 2.35. The van der Waals surface area contributed by atoms with Crippen LogP contribution in [0.5, 0.6) is 0 Å². The number of nitrogens with two attached hydrogens (primary N) is 1. The molecule has 1 aromatic heterocycles. The Labute approximate surface area is 118 Å². The molecule has 0 bridgehead atoms. The van der Waals surface area contributed by atoms with E-state index in [0.717, 1.165) is 30.3 Å². The normalized spacial score (nSPS) is 19.0. The Morgan fingerprint density at radius 3 is 2.79 bits per heavy atom. The number of hydrogen-bond acceptors (Lipinski definition) is 4. The third-order valence-corrected chi connectivity index (χ3v) is 5.26. The summed E-state index contributed by atoms with van der Waals surface area (Å²) in [5.41, 5.74) is 6.59. The molecule has 2 saturated carbocycles. The zero-order chi connectivity index (χ0) is 13.4. The van der Waals surface area contributed by atoms with Gasteiger partial charge in [-0.2, -0.15) is 0 Å². The third kappa shape index (κ3) is 2.86. The fourth-order valence-electron chi connectivity index (χ4n) is 2.39. The molecule has 4 nitrogen and oxygen atoms in total. The van der Waals surface area contributed by atoms with Crippen molar-refractivity contribution in [3.63, 3.8) is 0 Å². The molecule has 3 N–H and O–H groups in total. The predicted octanol–water partition coefficient (Wildman–Crippen LogP) is 2.46. The lowest BCUT2D eigenvalue weighted by Gasteiger charge is -2.30. The second kappa shape index (κ2) is 5.04. The number of hydrogen-bond donors (Lipinski definition) is 2. The van der Waals surface area contributed by atoms with Crippen molar-refractivity contribution in [3.05, 3.63) is 10.9 Å². The third-order valence-electron chi connectivity index (χ3n) is 4.00. The summed E-state index contributed by atoms with van der Waals surface area (Å²) in [6.07, 6.45) is 6.23. The average Bonchev–Trinajstić information content (AvgIpc) is 3.04. The SMILES string of the molecule is CN(CC1CCC1)c1cc(N)c(C(=O)NC2CC2)s1. The van der Waals surface area contributed by atoms with E-state index in [9.17, 15) is 4.79 Å². The fourth-order valence-corrected chi connectivity index (χ4v) is 3.34. The number of nitrogens with zero attached hydrogens (tertiary/aromatic N) is 1. The van der Waals surface area contributed by atoms with Gasteiger partial charge in [-0.15, -0.1) is 11.3 Å². The van der Waals surface area contributed by atoms with Crippen LogP contribution in [-0.4, -0.2) is 25.5 Å². The van der Waals surface area contributed by atoms with Crippen molar-refractivity contribution in [3.8, 4) is 0 Å². The smallest absolute Gasteiger partial charge is 0.263 e. The number of thiophene rings is 1. The van der Waals surface area contributed by atoms with Gasteiger partial charge >= 0.3 is 0 Å². The molecule has 0 atom stereocenters. The number of anilines is 2. The van der Waals surface area contributed by atoms with E-state index in [-0.39, 0.29) is 5.91 Å². The molecule has 5 heteroatoms. The van der Waals surface area contributed by atoms with Crippen LogP contribution in [0, 0.1) is 5.92 Å². The van der Waals surface area contributed by atoms with Crippen LogP contribution in [0.2, 0.25) is 0 Å². The lowest BCUT2D eigenvalue weighted by molar-refractivity contribution is 0.0956. The molecule has 2 aliphatic rings. The Balaban J connectivity index is 1.66. The summed E-state index contributed by atoms with van der Waals surface area (Å²) in [7, 11) is 2.09. The molecule has 104 valence electrons. The molecule has 0 saturated heterocycles. The minimum absolute atomic E-state index is 0.00621.